The molecule has 30 heavy (non-hydrogen) atoms. The molecule has 4 aromatic rings. The van der Waals surface area contributed by atoms with Crippen LogP contribution < -0.4 is 5.32 Å². The van der Waals surface area contributed by atoms with Gasteiger partial charge in [0.05, 0.1) is 4.88 Å². The summed E-state index contributed by atoms with van der Waals surface area (Å²) in [5, 5.41) is 7.85. The fraction of sp³-hybridized carbons (Fsp3) is 0.182. The van der Waals surface area contributed by atoms with Gasteiger partial charge in [0.1, 0.15) is 16.2 Å². The van der Waals surface area contributed by atoms with Crippen LogP contribution in [-0.4, -0.2) is 17.5 Å². The van der Waals surface area contributed by atoms with Gasteiger partial charge in [-0.2, -0.15) is 0 Å². The first-order valence-corrected chi connectivity index (χ1v) is 12.1. The van der Waals surface area contributed by atoms with Crippen LogP contribution in [0.5, 0.6) is 0 Å². The number of hydrogen-bond acceptors (Lipinski definition) is 6. The second-order valence-electron chi connectivity index (χ2n) is 7.58. The van der Waals surface area contributed by atoms with Crippen LogP contribution in [0.4, 0.5) is 5.00 Å². The quantitative estimate of drug-likeness (QED) is 0.310. The number of hydrogen-bond donors (Lipinski definition) is 1. The lowest BCUT2D eigenvalue weighted by molar-refractivity contribution is 0.00722. The van der Waals surface area contributed by atoms with Crippen LogP contribution in [0.1, 0.15) is 40.8 Å². The van der Waals surface area contributed by atoms with Crippen molar-refractivity contribution in [3.8, 4) is 11.1 Å². The zero-order chi connectivity index (χ0) is 21.5. The number of rotatable bonds is 4. The molecule has 0 aliphatic heterocycles. The minimum Gasteiger partial charge on any atom is -0.456 e. The van der Waals surface area contributed by atoms with Crippen molar-refractivity contribution in [2.75, 3.05) is 5.32 Å². The van der Waals surface area contributed by atoms with Crippen molar-refractivity contribution in [1.82, 2.24) is 0 Å². The lowest BCUT2D eigenvalue weighted by atomic mass is 10.0. The van der Waals surface area contributed by atoms with Crippen LogP contribution in [0.2, 0.25) is 5.02 Å². The number of halogens is 1. The summed E-state index contributed by atoms with van der Waals surface area (Å²) in [5.41, 5.74) is 1.22. The van der Waals surface area contributed by atoms with Crippen molar-refractivity contribution < 1.29 is 14.3 Å². The Hall–Kier alpha value is -2.19. The molecule has 0 aliphatic carbocycles. The van der Waals surface area contributed by atoms with E-state index in [1.165, 1.54) is 22.7 Å². The highest BCUT2D eigenvalue weighted by Crippen LogP contribution is 2.38. The number of ether oxygens (including phenoxy) is 1. The van der Waals surface area contributed by atoms with E-state index < -0.39 is 11.6 Å². The van der Waals surface area contributed by atoms with Crippen LogP contribution in [0.15, 0.2) is 47.2 Å². The van der Waals surface area contributed by atoms with Gasteiger partial charge in [0.25, 0.3) is 5.91 Å². The minimum absolute atomic E-state index is 0.238. The van der Waals surface area contributed by atoms with Crippen molar-refractivity contribution in [2.24, 2.45) is 0 Å². The Labute approximate surface area is 191 Å². The van der Waals surface area contributed by atoms with Crippen molar-refractivity contribution in [3.63, 3.8) is 0 Å². The number of carbonyl (C=O) groups is 2. The van der Waals surface area contributed by atoms with Gasteiger partial charge >= 0.3 is 5.97 Å². The fourth-order valence-electron chi connectivity index (χ4n) is 2.87. The molecule has 3 aromatic heterocycles. The molecule has 1 N–H and O–H groups in total. The first kappa shape index (κ1) is 21.1. The van der Waals surface area contributed by atoms with E-state index in [1.807, 2.05) is 55.8 Å². The predicted octanol–water partition coefficient (Wildman–Crippen LogP) is 7.55. The summed E-state index contributed by atoms with van der Waals surface area (Å²) < 4.78 is 7.78. The molecule has 4 rings (SSSR count). The molecule has 0 atom stereocenters. The predicted molar refractivity (Wildman–Crippen MR) is 128 cm³/mol. The summed E-state index contributed by atoms with van der Waals surface area (Å²) in [7, 11) is 0. The molecule has 0 fully saturated rings. The monoisotopic (exact) mass is 475 g/mol. The van der Waals surface area contributed by atoms with Gasteiger partial charge in [0.2, 0.25) is 0 Å². The number of anilines is 1. The van der Waals surface area contributed by atoms with Gasteiger partial charge in [-0.3, -0.25) is 4.79 Å². The van der Waals surface area contributed by atoms with E-state index in [2.05, 4.69) is 5.32 Å². The number of thiophene rings is 3. The van der Waals surface area contributed by atoms with Gasteiger partial charge in [-0.15, -0.1) is 34.0 Å². The Morgan fingerprint density at radius 1 is 1.03 bits per heavy atom. The third kappa shape index (κ3) is 4.44. The molecule has 0 radical (unpaired) electrons. The highest BCUT2D eigenvalue weighted by molar-refractivity contribution is 7.28. The maximum atomic E-state index is 13.0. The topological polar surface area (TPSA) is 55.4 Å². The molecule has 1 aromatic carbocycles. The Morgan fingerprint density at radius 3 is 2.43 bits per heavy atom. The second kappa shape index (κ2) is 8.15. The smallest absolute Gasteiger partial charge is 0.342 e. The number of nitrogens with one attached hydrogen (secondary N) is 1. The molecule has 4 nitrogen and oxygen atoms in total. The second-order valence-corrected chi connectivity index (χ2v) is 10.9. The molecular weight excluding hydrogens is 458 g/mol. The third-order valence-corrected chi connectivity index (χ3v) is 7.38. The average Bonchev–Trinajstić information content (AvgIpc) is 3.35. The van der Waals surface area contributed by atoms with Crippen molar-refractivity contribution in [1.29, 1.82) is 0 Å². The Kier molecular flexibility index (Phi) is 5.72. The zero-order valence-corrected chi connectivity index (χ0v) is 19.7. The molecule has 0 saturated carbocycles. The Bertz CT molecular complexity index is 1200. The molecular formula is C22H18ClNO3S3. The molecule has 0 saturated heterocycles. The van der Waals surface area contributed by atoms with Crippen LogP contribution >= 0.6 is 45.6 Å². The van der Waals surface area contributed by atoms with Crippen LogP contribution in [-0.2, 0) is 4.74 Å². The van der Waals surface area contributed by atoms with E-state index in [9.17, 15) is 9.59 Å². The lowest BCUT2D eigenvalue weighted by Crippen LogP contribution is -2.24. The number of amides is 1. The minimum atomic E-state index is -0.657. The van der Waals surface area contributed by atoms with Gasteiger partial charge in [0.15, 0.2) is 0 Å². The van der Waals surface area contributed by atoms with Crippen LogP contribution in [0.25, 0.3) is 20.5 Å². The van der Waals surface area contributed by atoms with E-state index in [0.717, 1.165) is 15.0 Å². The normalized spacial score (nSPS) is 11.6. The SMILES string of the molecule is CC(C)(C)OC(=O)c1c(-c2ccc(Cl)cc2)csc1NC(=O)c1cc2sccc2s1. The Morgan fingerprint density at radius 2 is 1.77 bits per heavy atom. The summed E-state index contributed by atoms with van der Waals surface area (Å²) in [4.78, 5) is 26.5. The average molecular weight is 476 g/mol. The first-order valence-electron chi connectivity index (χ1n) is 9.10. The van der Waals surface area contributed by atoms with Gasteiger partial charge in [0, 0.05) is 25.4 Å². The molecule has 8 heteroatoms. The standard InChI is InChI=1S/C22H18ClNO3S3/c1-22(2,3)27-21(26)18-14(12-4-6-13(23)7-5-12)11-29-20(18)24-19(25)17-10-16-15(30-17)8-9-28-16/h4-11H,1-3H3,(H,24,25). The summed E-state index contributed by atoms with van der Waals surface area (Å²) >= 11 is 10.3. The van der Waals surface area contributed by atoms with Crippen LogP contribution in [0.3, 0.4) is 0 Å². The number of esters is 1. The summed E-state index contributed by atoms with van der Waals surface area (Å²) in [5.74, 6) is -0.714. The number of benzene rings is 1. The van der Waals surface area contributed by atoms with E-state index >= 15 is 0 Å². The molecule has 1 amide bonds. The first-order chi connectivity index (χ1) is 14.2. The van der Waals surface area contributed by atoms with Gasteiger partial charge < -0.3 is 10.1 Å². The van der Waals surface area contributed by atoms with E-state index in [4.69, 9.17) is 16.3 Å². The number of fused-ring (bicyclic) bond motifs is 1. The van der Waals surface area contributed by atoms with Crippen molar-refractivity contribution in [3.05, 3.63) is 62.6 Å². The van der Waals surface area contributed by atoms with Crippen molar-refractivity contribution in [2.45, 2.75) is 26.4 Å². The highest BCUT2D eigenvalue weighted by atomic mass is 35.5. The molecule has 0 bridgehead atoms. The van der Waals surface area contributed by atoms with Gasteiger partial charge in [-0.25, -0.2) is 4.79 Å². The summed E-state index contributed by atoms with van der Waals surface area (Å²) in [6.07, 6.45) is 0. The van der Waals surface area contributed by atoms with E-state index in [1.54, 1.807) is 23.5 Å². The Balaban J connectivity index is 1.71. The van der Waals surface area contributed by atoms with E-state index in [-0.39, 0.29) is 5.91 Å². The maximum Gasteiger partial charge on any atom is 0.342 e. The van der Waals surface area contributed by atoms with Crippen molar-refractivity contribution >= 4 is 71.9 Å². The molecule has 154 valence electrons. The highest BCUT2D eigenvalue weighted by Gasteiger charge is 2.27. The number of carbonyl (C=O) groups excluding carboxylic acids is 2. The zero-order valence-electron chi connectivity index (χ0n) is 16.4. The van der Waals surface area contributed by atoms with Crippen LogP contribution in [0, 0.1) is 0 Å². The summed E-state index contributed by atoms with van der Waals surface area (Å²) in [6, 6.07) is 11.1. The van der Waals surface area contributed by atoms with E-state index in [0.29, 0.717) is 26.0 Å². The molecule has 3 heterocycles. The van der Waals surface area contributed by atoms with Gasteiger partial charge in [-0.1, -0.05) is 23.7 Å². The summed E-state index contributed by atoms with van der Waals surface area (Å²) in [6.45, 7) is 5.45. The molecule has 0 unspecified atom stereocenters. The lowest BCUT2D eigenvalue weighted by Gasteiger charge is -2.20. The van der Waals surface area contributed by atoms with Gasteiger partial charge in [-0.05, 0) is 56.0 Å². The largest absolute Gasteiger partial charge is 0.456 e. The fourth-order valence-corrected chi connectivity index (χ4v) is 5.95. The maximum absolute atomic E-state index is 13.0. The third-order valence-electron chi connectivity index (χ3n) is 4.14. The molecule has 0 spiro atoms. The molecule has 0 aliphatic rings.